The average molecular weight is 364 g/mol. The van der Waals surface area contributed by atoms with Gasteiger partial charge in [-0.25, -0.2) is 4.98 Å². The predicted octanol–water partition coefficient (Wildman–Crippen LogP) is 1.59. The molecule has 7 nitrogen and oxygen atoms in total. The fraction of sp³-hybridized carbons (Fsp3) is 0.588. The zero-order valence-electron chi connectivity index (χ0n) is 15.8. The normalized spacial score (nSPS) is 13.3. The lowest BCUT2D eigenvalue weighted by Gasteiger charge is -2.22. The first-order chi connectivity index (χ1) is 12.0. The van der Waals surface area contributed by atoms with Gasteiger partial charge in [-0.15, -0.1) is 11.3 Å². The Bertz CT molecular complexity index is 674. The van der Waals surface area contributed by atoms with Crippen LogP contribution in [0.1, 0.15) is 29.2 Å². The summed E-state index contributed by atoms with van der Waals surface area (Å²) >= 11 is 1.69. The van der Waals surface area contributed by atoms with Gasteiger partial charge in [-0.3, -0.25) is 9.67 Å². The van der Waals surface area contributed by atoms with Crippen molar-refractivity contribution in [1.82, 2.24) is 30.3 Å². The summed E-state index contributed by atoms with van der Waals surface area (Å²) < 4.78 is 1.83. The maximum absolute atomic E-state index is 4.76. The molecule has 2 aromatic rings. The molecule has 2 N–H and O–H groups in total. The molecule has 0 aromatic carbocycles. The Labute approximate surface area is 154 Å². The number of hydrogen-bond acceptors (Lipinski definition) is 5. The van der Waals surface area contributed by atoms with E-state index in [1.807, 2.05) is 31.0 Å². The highest BCUT2D eigenvalue weighted by atomic mass is 32.1. The summed E-state index contributed by atoms with van der Waals surface area (Å²) in [5.74, 6) is 0.838. The van der Waals surface area contributed by atoms with Crippen molar-refractivity contribution in [2.75, 3.05) is 33.7 Å². The third-order valence-electron chi connectivity index (χ3n) is 3.84. The third-order valence-corrected chi connectivity index (χ3v) is 4.66. The number of nitrogens with zero attached hydrogens (tertiary/aromatic N) is 5. The van der Waals surface area contributed by atoms with Crippen LogP contribution in [0.2, 0.25) is 0 Å². The summed E-state index contributed by atoms with van der Waals surface area (Å²) in [6.07, 6.45) is 4.85. The number of aromatic nitrogens is 3. The highest BCUT2D eigenvalue weighted by molar-refractivity contribution is 7.09. The van der Waals surface area contributed by atoms with E-state index in [-0.39, 0.29) is 6.04 Å². The van der Waals surface area contributed by atoms with E-state index >= 15 is 0 Å². The molecule has 1 atom stereocenters. The molecule has 0 aliphatic heterocycles. The van der Waals surface area contributed by atoms with Crippen LogP contribution in [0.4, 0.5) is 0 Å². The summed E-state index contributed by atoms with van der Waals surface area (Å²) in [6, 6.07) is 0.199. The molecule has 0 saturated heterocycles. The number of hydrogen-bond donors (Lipinski definition) is 2. The van der Waals surface area contributed by atoms with Crippen molar-refractivity contribution in [3.8, 4) is 0 Å². The zero-order valence-corrected chi connectivity index (χ0v) is 16.6. The van der Waals surface area contributed by atoms with Crippen molar-refractivity contribution < 1.29 is 0 Å². The number of likely N-dealkylation sites (N-methyl/N-ethyl adjacent to an activating group) is 1. The molecule has 0 amide bonds. The van der Waals surface area contributed by atoms with Gasteiger partial charge in [-0.2, -0.15) is 5.10 Å². The van der Waals surface area contributed by atoms with Gasteiger partial charge >= 0.3 is 0 Å². The first-order valence-electron chi connectivity index (χ1n) is 8.57. The maximum Gasteiger partial charge on any atom is 0.191 e. The molecule has 8 heteroatoms. The van der Waals surface area contributed by atoms with Gasteiger partial charge in [0.2, 0.25) is 0 Å². The molecule has 0 aliphatic carbocycles. The van der Waals surface area contributed by atoms with Gasteiger partial charge in [0.1, 0.15) is 0 Å². The first kappa shape index (κ1) is 19.4. The Kier molecular flexibility index (Phi) is 7.39. The van der Waals surface area contributed by atoms with Gasteiger partial charge in [0.25, 0.3) is 0 Å². The molecule has 0 bridgehead atoms. The fourth-order valence-corrected chi connectivity index (χ4v) is 3.18. The molecule has 25 heavy (non-hydrogen) atoms. The first-order valence-corrected chi connectivity index (χ1v) is 9.45. The Morgan fingerprint density at radius 2 is 2.20 bits per heavy atom. The number of nitrogens with one attached hydrogen (secondary N) is 2. The quantitative estimate of drug-likeness (QED) is 0.550. The second-order valence-electron chi connectivity index (χ2n) is 6.18. The number of aryl methyl sites for hydroxylation is 2. The molecule has 2 heterocycles. The second kappa shape index (κ2) is 9.53. The molecule has 0 spiro atoms. The summed E-state index contributed by atoms with van der Waals surface area (Å²) in [4.78, 5) is 11.4. The Morgan fingerprint density at radius 1 is 1.40 bits per heavy atom. The SMILES string of the molecule is CCNC(=NCC(c1cnn(C)c1)N(C)C)NCCc1csc(C)n1. The molecule has 0 fully saturated rings. The monoisotopic (exact) mass is 363 g/mol. The number of aliphatic imine (C=N–C) groups is 1. The van der Waals surface area contributed by atoms with Crippen LogP contribution in [0.5, 0.6) is 0 Å². The van der Waals surface area contributed by atoms with E-state index in [1.54, 1.807) is 11.3 Å². The zero-order chi connectivity index (χ0) is 18.2. The van der Waals surface area contributed by atoms with Crippen LogP contribution in [0.3, 0.4) is 0 Å². The molecule has 0 saturated carbocycles. The van der Waals surface area contributed by atoms with Crippen LogP contribution in [0.15, 0.2) is 22.8 Å². The van der Waals surface area contributed by atoms with E-state index in [0.717, 1.165) is 36.2 Å². The molecular formula is C17H29N7S. The molecule has 0 radical (unpaired) electrons. The molecule has 2 rings (SSSR count). The summed E-state index contributed by atoms with van der Waals surface area (Å²) in [5.41, 5.74) is 2.30. The molecule has 0 aliphatic rings. The Hall–Kier alpha value is -1.93. The third kappa shape index (κ3) is 6.13. The molecule has 1 unspecified atom stereocenters. The smallest absolute Gasteiger partial charge is 0.191 e. The van der Waals surface area contributed by atoms with E-state index in [9.17, 15) is 0 Å². The summed E-state index contributed by atoms with van der Waals surface area (Å²) in [5, 5.41) is 14.2. The van der Waals surface area contributed by atoms with Crippen LogP contribution in [-0.4, -0.2) is 59.4 Å². The summed E-state index contributed by atoms with van der Waals surface area (Å²) in [6.45, 7) is 6.43. The standard InChI is InChI=1S/C17H29N7S/c1-6-18-17(19-8-7-15-12-25-13(2)22-15)20-10-16(23(3)4)14-9-21-24(5)11-14/h9,11-12,16H,6-8,10H2,1-5H3,(H2,18,19,20). The van der Waals surface area contributed by atoms with Gasteiger partial charge in [0.15, 0.2) is 5.96 Å². The molecular weight excluding hydrogens is 334 g/mol. The maximum atomic E-state index is 4.76. The van der Waals surface area contributed by atoms with Crippen molar-refractivity contribution >= 4 is 17.3 Å². The number of thiazole rings is 1. The van der Waals surface area contributed by atoms with Crippen LogP contribution in [-0.2, 0) is 13.5 Å². The summed E-state index contributed by atoms with van der Waals surface area (Å²) in [7, 11) is 6.07. The van der Waals surface area contributed by atoms with Gasteiger partial charge in [0, 0.05) is 43.7 Å². The minimum absolute atomic E-state index is 0.199. The van der Waals surface area contributed by atoms with Crippen molar-refractivity contribution in [3.63, 3.8) is 0 Å². The van der Waals surface area contributed by atoms with Gasteiger partial charge in [-0.05, 0) is 27.9 Å². The number of rotatable bonds is 8. The topological polar surface area (TPSA) is 70.4 Å². The largest absolute Gasteiger partial charge is 0.357 e. The minimum Gasteiger partial charge on any atom is -0.357 e. The van der Waals surface area contributed by atoms with Crippen molar-refractivity contribution in [3.05, 3.63) is 34.0 Å². The van der Waals surface area contributed by atoms with E-state index in [0.29, 0.717) is 6.54 Å². The minimum atomic E-state index is 0.199. The highest BCUT2D eigenvalue weighted by Crippen LogP contribution is 2.17. The fourth-order valence-electron chi connectivity index (χ4n) is 2.53. The Morgan fingerprint density at radius 3 is 2.76 bits per heavy atom. The lowest BCUT2D eigenvalue weighted by Crippen LogP contribution is -2.39. The van der Waals surface area contributed by atoms with Gasteiger partial charge in [0.05, 0.1) is 29.5 Å². The van der Waals surface area contributed by atoms with Crippen LogP contribution in [0, 0.1) is 6.92 Å². The van der Waals surface area contributed by atoms with E-state index in [1.165, 1.54) is 5.56 Å². The average Bonchev–Trinajstić information content (AvgIpc) is 3.16. The molecule has 138 valence electrons. The lowest BCUT2D eigenvalue weighted by molar-refractivity contribution is 0.306. The van der Waals surface area contributed by atoms with Crippen LogP contribution in [0.25, 0.3) is 0 Å². The number of guanidine groups is 1. The second-order valence-corrected chi connectivity index (χ2v) is 7.24. The van der Waals surface area contributed by atoms with Crippen LogP contribution >= 0.6 is 11.3 Å². The lowest BCUT2D eigenvalue weighted by atomic mass is 10.1. The Balaban J connectivity index is 1.94. The van der Waals surface area contributed by atoms with Gasteiger partial charge in [-0.1, -0.05) is 0 Å². The van der Waals surface area contributed by atoms with Crippen molar-refractivity contribution in [2.24, 2.45) is 12.0 Å². The van der Waals surface area contributed by atoms with E-state index in [4.69, 9.17) is 4.99 Å². The van der Waals surface area contributed by atoms with Crippen LogP contribution < -0.4 is 10.6 Å². The van der Waals surface area contributed by atoms with Crippen molar-refractivity contribution in [2.45, 2.75) is 26.3 Å². The van der Waals surface area contributed by atoms with Gasteiger partial charge < -0.3 is 15.5 Å². The predicted molar refractivity (Wildman–Crippen MR) is 104 cm³/mol. The highest BCUT2D eigenvalue weighted by Gasteiger charge is 2.15. The van der Waals surface area contributed by atoms with E-state index < -0.39 is 0 Å². The molecule has 2 aromatic heterocycles. The van der Waals surface area contributed by atoms with E-state index in [2.05, 4.69) is 52.0 Å². The van der Waals surface area contributed by atoms with Crippen molar-refractivity contribution in [1.29, 1.82) is 0 Å².